The Balaban J connectivity index is 1.69. The van der Waals surface area contributed by atoms with Crippen molar-refractivity contribution in [3.05, 3.63) is 86.6 Å². The Bertz CT molecular complexity index is 1310. The molecule has 0 radical (unpaired) electrons. The van der Waals surface area contributed by atoms with E-state index in [2.05, 4.69) is 4.98 Å². The van der Waals surface area contributed by atoms with Gasteiger partial charge in [-0.1, -0.05) is 30.3 Å². The lowest BCUT2D eigenvalue weighted by Crippen LogP contribution is -2.42. The van der Waals surface area contributed by atoms with Crippen molar-refractivity contribution < 1.29 is 14.7 Å². The van der Waals surface area contributed by atoms with Crippen molar-refractivity contribution in [1.82, 2.24) is 9.55 Å². The fourth-order valence-electron chi connectivity index (χ4n) is 4.04. The standard InChI is InChI=1S/C24H25N5O5/c25-21-20(22(32)26-24(34)29(21)15-16-5-2-1-3-6-16)28(13-14-30)23(33)17-8-10-18(11-9-17)27-12-4-7-19(27)31/h1-3,5-6,8-11,30H,4,7,12-15,25H2,(H,26,32,34). The lowest BCUT2D eigenvalue weighted by Gasteiger charge is -2.24. The molecule has 0 bridgehead atoms. The molecule has 1 aromatic heterocycles. The van der Waals surface area contributed by atoms with E-state index >= 15 is 0 Å². The summed E-state index contributed by atoms with van der Waals surface area (Å²) in [5.41, 5.74) is 6.18. The summed E-state index contributed by atoms with van der Waals surface area (Å²) in [6.45, 7) is 0.0808. The fourth-order valence-corrected chi connectivity index (χ4v) is 4.04. The highest BCUT2D eigenvalue weighted by Gasteiger charge is 2.26. The number of aliphatic hydroxyl groups is 1. The number of anilines is 3. The zero-order valence-corrected chi connectivity index (χ0v) is 18.4. The number of aliphatic hydroxyl groups excluding tert-OH is 1. The van der Waals surface area contributed by atoms with Crippen LogP contribution in [-0.2, 0) is 11.3 Å². The summed E-state index contributed by atoms with van der Waals surface area (Å²) in [5.74, 6) is -0.727. The first-order valence-electron chi connectivity index (χ1n) is 10.9. The van der Waals surface area contributed by atoms with Crippen LogP contribution in [0.2, 0.25) is 0 Å². The third-order valence-corrected chi connectivity index (χ3v) is 5.74. The predicted octanol–water partition coefficient (Wildman–Crippen LogP) is 0.933. The third-order valence-electron chi connectivity index (χ3n) is 5.74. The monoisotopic (exact) mass is 463 g/mol. The van der Waals surface area contributed by atoms with Crippen molar-refractivity contribution >= 4 is 29.0 Å². The van der Waals surface area contributed by atoms with Crippen molar-refractivity contribution in [2.75, 3.05) is 35.2 Å². The van der Waals surface area contributed by atoms with E-state index < -0.39 is 23.8 Å². The topological polar surface area (TPSA) is 142 Å². The Labute approximate surface area is 194 Å². The van der Waals surface area contributed by atoms with E-state index in [1.54, 1.807) is 41.3 Å². The number of H-pyrrole nitrogens is 1. The highest BCUT2D eigenvalue weighted by atomic mass is 16.3. The third kappa shape index (κ3) is 4.48. The second kappa shape index (κ2) is 9.75. The summed E-state index contributed by atoms with van der Waals surface area (Å²) in [4.78, 5) is 55.4. The molecule has 10 heteroatoms. The first-order valence-corrected chi connectivity index (χ1v) is 10.9. The number of hydrogen-bond donors (Lipinski definition) is 3. The van der Waals surface area contributed by atoms with Crippen LogP contribution in [0.3, 0.4) is 0 Å². The van der Waals surface area contributed by atoms with Gasteiger partial charge in [0.1, 0.15) is 5.82 Å². The van der Waals surface area contributed by atoms with Gasteiger partial charge < -0.3 is 15.7 Å². The maximum absolute atomic E-state index is 13.3. The minimum absolute atomic E-state index is 0.0287. The molecule has 176 valence electrons. The number of aromatic amines is 1. The van der Waals surface area contributed by atoms with Crippen molar-refractivity contribution in [3.63, 3.8) is 0 Å². The molecule has 2 heterocycles. The van der Waals surface area contributed by atoms with Crippen molar-refractivity contribution in [3.8, 4) is 0 Å². The lowest BCUT2D eigenvalue weighted by molar-refractivity contribution is -0.117. The molecule has 0 aliphatic carbocycles. The maximum Gasteiger partial charge on any atom is 0.330 e. The summed E-state index contributed by atoms with van der Waals surface area (Å²) in [5, 5.41) is 9.59. The van der Waals surface area contributed by atoms with Crippen molar-refractivity contribution in [2.45, 2.75) is 19.4 Å². The first-order chi connectivity index (χ1) is 16.4. The molecule has 0 saturated carbocycles. The molecule has 34 heavy (non-hydrogen) atoms. The summed E-state index contributed by atoms with van der Waals surface area (Å²) < 4.78 is 1.17. The Hall–Kier alpha value is -4.18. The number of nitrogens with one attached hydrogen (secondary N) is 1. The molecular formula is C24H25N5O5. The summed E-state index contributed by atoms with van der Waals surface area (Å²) >= 11 is 0. The van der Waals surface area contributed by atoms with Crippen molar-refractivity contribution in [1.29, 1.82) is 0 Å². The van der Waals surface area contributed by atoms with Crippen LogP contribution in [-0.4, -0.2) is 46.2 Å². The number of benzene rings is 2. The van der Waals surface area contributed by atoms with E-state index in [0.717, 1.165) is 16.9 Å². The highest BCUT2D eigenvalue weighted by Crippen LogP contribution is 2.24. The van der Waals surface area contributed by atoms with E-state index in [9.17, 15) is 24.3 Å². The summed E-state index contributed by atoms with van der Waals surface area (Å²) in [7, 11) is 0. The molecule has 2 amide bonds. The van der Waals surface area contributed by atoms with Gasteiger partial charge in [0.05, 0.1) is 13.2 Å². The van der Waals surface area contributed by atoms with Gasteiger partial charge in [-0.05, 0) is 36.2 Å². The van der Waals surface area contributed by atoms with E-state index in [1.807, 2.05) is 18.2 Å². The Morgan fingerprint density at radius 3 is 2.38 bits per heavy atom. The largest absolute Gasteiger partial charge is 0.395 e. The van der Waals surface area contributed by atoms with Crippen LogP contribution in [0.1, 0.15) is 28.8 Å². The first kappa shape index (κ1) is 23.0. The number of aromatic nitrogens is 2. The van der Waals surface area contributed by atoms with Gasteiger partial charge in [-0.2, -0.15) is 0 Å². The molecule has 4 N–H and O–H groups in total. The van der Waals surface area contributed by atoms with Gasteiger partial charge >= 0.3 is 5.69 Å². The minimum Gasteiger partial charge on any atom is -0.395 e. The van der Waals surface area contributed by atoms with Gasteiger partial charge in [-0.3, -0.25) is 28.8 Å². The Morgan fingerprint density at radius 2 is 1.76 bits per heavy atom. The second-order valence-electron chi connectivity index (χ2n) is 7.94. The average Bonchev–Trinajstić information content (AvgIpc) is 3.27. The normalized spacial score (nSPS) is 13.3. The Morgan fingerprint density at radius 1 is 1.06 bits per heavy atom. The number of nitrogen functional groups attached to an aromatic ring is 1. The molecule has 4 rings (SSSR count). The molecule has 1 saturated heterocycles. The van der Waals surface area contributed by atoms with Crippen LogP contribution < -0.4 is 26.8 Å². The van der Waals surface area contributed by atoms with Crippen LogP contribution in [0, 0.1) is 0 Å². The highest BCUT2D eigenvalue weighted by molar-refractivity contribution is 6.07. The number of nitrogens with two attached hydrogens (primary N) is 1. The Kier molecular flexibility index (Phi) is 6.60. The molecular weight excluding hydrogens is 438 g/mol. The molecule has 3 aromatic rings. The van der Waals surface area contributed by atoms with E-state index in [1.165, 1.54) is 4.57 Å². The van der Waals surface area contributed by atoms with Crippen LogP contribution in [0.15, 0.2) is 64.2 Å². The summed E-state index contributed by atoms with van der Waals surface area (Å²) in [6, 6.07) is 15.5. The maximum atomic E-state index is 13.3. The smallest absolute Gasteiger partial charge is 0.330 e. The SMILES string of the molecule is Nc1c(N(CCO)C(=O)c2ccc(N3CCCC3=O)cc2)c(=O)[nH]c(=O)n1Cc1ccccc1. The number of carbonyl (C=O) groups excluding carboxylic acids is 2. The molecule has 0 spiro atoms. The number of amides is 2. The van der Waals surface area contributed by atoms with Gasteiger partial charge in [-0.25, -0.2) is 4.79 Å². The zero-order valence-electron chi connectivity index (χ0n) is 18.4. The molecule has 0 atom stereocenters. The molecule has 1 aliphatic rings. The van der Waals surface area contributed by atoms with Crippen LogP contribution >= 0.6 is 0 Å². The number of nitrogens with zero attached hydrogens (tertiary/aromatic N) is 3. The second-order valence-corrected chi connectivity index (χ2v) is 7.94. The van der Waals surface area contributed by atoms with Gasteiger partial charge in [0.15, 0.2) is 5.69 Å². The van der Waals surface area contributed by atoms with Gasteiger partial charge in [0, 0.05) is 30.8 Å². The number of rotatable bonds is 7. The van der Waals surface area contributed by atoms with Crippen LogP contribution in [0.25, 0.3) is 0 Å². The van der Waals surface area contributed by atoms with Gasteiger partial charge in [0.25, 0.3) is 11.5 Å². The molecule has 10 nitrogen and oxygen atoms in total. The number of hydrogen-bond acceptors (Lipinski definition) is 6. The zero-order chi connectivity index (χ0) is 24.2. The molecule has 2 aromatic carbocycles. The number of carbonyl (C=O) groups is 2. The van der Waals surface area contributed by atoms with Crippen molar-refractivity contribution in [2.24, 2.45) is 0 Å². The fraction of sp³-hybridized carbons (Fsp3) is 0.250. The molecule has 1 fully saturated rings. The van der Waals surface area contributed by atoms with Gasteiger partial charge in [0.2, 0.25) is 5.91 Å². The quantitative estimate of drug-likeness (QED) is 0.476. The molecule has 1 aliphatic heterocycles. The van der Waals surface area contributed by atoms with Crippen LogP contribution in [0.4, 0.5) is 17.2 Å². The summed E-state index contributed by atoms with van der Waals surface area (Å²) in [6.07, 6.45) is 1.27. The minimum atomic E-state index is -0.826. The van der Waals surface area contributed by atoms with E-state index in [4.69, 9.17) is 5.73 Å². The van der Waals surface area contributed by atoms with Crippen LogP contribution in [0.5, 0.6) is 0 Å². The predicted molar refractivity (Wildman–Crippen MR) is 128 cm³/mol. The average molecular weight is 463 g/mol. The van der Waals surface area contributed by atoms with E-state index in [0.29, 0.717) is 18.7 Å². The van der Waals surface area contributed by atoms with E-state index in [-0.39, 0.29) is 36.1 Å². The van der Waals surface area contributed by atoms with Gasteiger partial charge in [-0.15, -0.1) is 0 Å². The molecule has 0 unspecified atom stereocenters. The lowest BCUT2D eigenvalue weighted by atomic mass is 10.1.